The summed E-state index contributed by atoms with van der Waals surface area (Å²) in [6, 6.07) is 4.02. The van der Waals surface area contributed by atoms with Crippen LogP contribution in [-0.4, -0.2) is 46.5 Å². The molecular weight excluding hydrogens is 312 g/mol. The van der Waals surface area contributed by atoms with Crippen molar-refractivity contribution >= 4 is 32.0 Å². The largest absolute Gasteiger partial charge is 0.346 e. The van der Waals surface area contributed by atoms with Crippen molar-refractivity contribution in [3.63, 3.8) is 0 Å². The van der Waals surface area contributed by atoms with Crippen molar-refractivity contribution in [1.82, 2.24) is 19.3 Å². The third-order valence-electron chi connectivity index (χ3n) is 4.67. The van der Waals surface area contributed by atoms with Gasteiger partial charge in [-0.15, -0.1) is 0 Å². The molecule has 0 saturated carbocycles. The van der Waals surface area contributed by atoms with Crippen LogP contribution in [0.2, 0.25) is 0 Å². The molecular formula is C16H18N4O2S. The van der Waals surface area contributed by atoms with E-state index in [1.807, 2.05) is 18.3 Å². The van der Waals surface area contributed by atoms with Crippen molar-refractivity contribution in [2.75, 3.05) is 18.8 Å². The van der Waals surface area contributed by atoms with Gasteiger partial charge in [0.15, 0.2) is 0 Å². The number of rotatable bonds is 3. The Morgan fingerprint density at radius 1 is 1.35 bits per heavy atom. The minimum absolute atomic E-state index is 0.156. The van der Waals surface area contributed by atoms with Crippen molar-refractivity contribution < 1.29 is 8.42 Å². The van der Waals surface area contributed by atoms with E-state index in [1.165, 1.54) is 0 Å². The van der Waals surface area contributed by atoms with Crippen molar-refractivity contribution in [2.24, 2.45) is 0 Å². The van der Waals surface area contributed by atoms with Gasteiger partial charge >= 0.3 is 0 Å². The number of hydrogen-bond donors (Lipinski definition) is 1. The zero-order chi connectivity index (χ0) is 16.0. The highest BCUT2D eigenvalue weighted by atomic mass is 32.2. The van der Waals surface area contributed by atoms with Crippen molar-refractivity contribution in [1.29, 1.82) is 0 Å². The molecule has 4 rings (SSSR count). The van der Waals surface area contributed by atoms with E-state index >= 15 is 0 Å². The molecule has 120 valence electrons. The Labute approximate surface area is 134 Å². The lowest BCUT2D eigenvalue weighted by atomic mass is 9.94. The zero-order valence-corrected chi connectivity index (χ0v) is 13.7. The molecule has 0 amide bonds. The van der Waals surface area contributed by atoms with Gasteiger partial charge in [0.1, 0.15) is 5.65 Å². The molecule has 3 aromatic rings. The van der Waals surface area contributed by atoms with Crippen molar-refractivity contribution in [2.45, 2.75) is 19.3 Å². The molecule has 1 unspecified atom stereocenters. The predicted octanol–water partition coefficient (Wildman–Crippen LogP) is 2.25. The maximum absolute atomic E-state index is 12.1. The SMILES string of the molecule is CCS(=O)(=O)N1CCC(c2ccnc3cnc4[nH]ccc4c23)C1. The van der Waals surface area contributed by atoms with Crippen LogP contribution in [0.25, 0.3) is 21.9 Å². The van der Waals surface area contributed by atoms with Crippen LogP contribution in [-0.2, 0) is 10.0 Å². The van der Waals surface area contributed by atoms with E-state index < -0.39 is 10.0 Å². The highest BCUT2D eigenvalue weighted by Gasteiger charge is 2.32. The summed E-state index contributed by atoms with van der Waals surface area (Å²) in [7, 11) is -3.12. The fourth-order valence-corrected chi connectivity index (χ4v) is 4.59. The van der Waals surface area contributed by atoms with Crippen LogP contribution in [0, 0.1) is 0 Å². The van der Waals surface area contributed by atoms with E-state index in [-0.39, 0.29) is 11.7 Å². The Morgan fingerprint density at radius 2 is 2.22 bits per heavy atom. The van der Waals surface area contributed by atoms with Gasteiger partial charge in [-0.1, -0.05) is 0 Å². The number of aromatic nitrogens is 3. The molecule has 0 bridgehead atoms. The van der Waals surface area contributed by atoms with Crippen LogP contribution in [0.5, 0.6) is 0 Å². The summed E-state index contributed by atoms with van der Waals surface area (Å²) in [5.74, 6) is 0.352. The maximum atomic E-state index is 12.1. The molecule has 1 saturated heterocycles. The van der Waals surface area contributed by atoms with Crippen LogP contribution in [0.15, 0.2) is 30.7 Å². The van der Waals surface area contributed by atoms with Crippen LogP contribution in [0.1, 0.15) is 24.8 Å². The minimum atomic E-state index is -3.12. The molecule has 0 spiro atoms. The first kappa shape index (κ1) is 14.6. The Morgan fingerprint density at radius 3 is 3.04 bits per heavy atom. The van der Waals surface area contributed by atoms with Gasteiger partial charge < -0.3 is 4.98 Å². The van der Waals surface area contributed by atoms with E-state index in [0.29, 0.717) is 13.1 Å². The van der Waals surface area contributed by atoms with Gasteiger partial charge in [-0.2, -0.15) is 0 Å². The van der Waals surface area contributed by atoms with Crippen LogP contribution < -0.4 is 0 Å². The second kappa shape index (κ2) is 5.28. The van der Waals surface area contributed by atoms with Crippen LogP contribution in [0.4, 0.5) is 0 Å². The number of nitrogens with one attached hydrogen (secondary N) is 1. The molecule has 1 fully saturated rings. The van der Waals surface area contributed by atoms with Gasteiger partial charge in [-0.25, -0.2) is 17.7 Å². The molecule has 23 heavy (non-hydrogen) atoms. The molecule has 0 aromatic carbocycles. The molecule has 7 heteroatoms. The van der Waals surface area contributed by atoms with Gasteiger partial charge in [0.25, 0.3) is 0 Å². The van der Waals surface area contributed by atoms with Crippen LogP contribution >= 0.6 is 0 Å². The number of fused-ring (bicyclic) bond motifs is 3. The second-order valence-electron chi connectivity index (χ2n) is 5.90. The molecule has 1 N–H and O–H groups in total. The standard InChI is InChI=1S/C16H18N4O2S/c1-2-23(21,22)20-8-5-11(10-20)12-3-6-17-14-9-19-16-13(15(12)14)4-7-18-16/h3-4,6-7,9,11H,2,5,8,10H2,1H3,(H,18,19). The van der Waals surface area contributed by atoms with Crippen LogP contribution in [0.3, 0.4) is 0 Å². The summed E-state index contributed by atoms with van der Waals surface area (Å²) in [5, 5.41) is 2.13. The summed E-state index contributed by atoms with van der Waals surface area (Å²) < 4.78 is 25.8. The number of H-pyrrole nitrogens is 1. The molecule has 4 heterocycles. The smallest absolute Gasteiger partial charge is 0.213 e. The first-order chi connectivity index (χ1) is 11.1. The third-order valence-corrected chi connectivity index (χ3v) is 6.52. The van der Waals surface area contributed by atoms with Crippen molar-refractivity contribution in [3.8, 4) is 0 Å². The van der Waals surface area contributed by atoms with E-state index in [9.17, 15) is 8.42 Å². The predicted molar refractivity (Wildman–Crippen MR) is 89.8 cm³/mol. The molecule has 1 atom stereocenters. The first-order valence-electron chi connectivity index (χ1n) is 7.78. The fraction of sp³-hybridized carbons (Fsp3) is 0.375. The Balaban J connectivity index is 1.82. The highest BCUT2D eigenvalue weighted by molar-refractivity contribution is 7.89. The quantitative estimate of drug-likeness (QED) is 0.799. The zero-order valence-electron chi connectivity index (χ0n) is 12.9. The Bertz CT molecular complexity index is 980. The molecule has 0 aliphatic carbocycles. The summed E-state index contributed by atoms with van der Waals surface area (Å²) in [4.78, 5) is 11.9. The van der Waals surface area contributed by atoms with Gasteiger partial charge in [-0.3, -0.25) is 4.98 Å². The van der Waals surface area contributed by atoms with E-state index in [4.69, 9.17) is 0 Å². The molecule has 3 aromatic heterocycles. The number of hydrogen-bond acceptors (Lipinski definition) is 4. The summed E-state index contributed by atoms with van der Waals surface area (Å²) in [6.45, 7) is 2.83. The monoisotopic (exact) mass is 330 g/mol. The topological polar surface area (TPSA) is 79.0 Å². The van der Waals surface area contributed by atoms with E-state index in [1.54, 1.807) is 23.6 Å². The molecule has 6 nitrogen and oxygen atoms in total. The lowest BCUT2D eigenvalue weighted by molar-refractivity contribution is 0.474. The minimum Gasteiger partial charge on any atom is -0.346 e. The number of nitrogens with zero attached hydrogens (tertiary/aromatic N) is 3. The Hall–Kier alpha value is -1.99. The molecule has 1 aliphatic heterocycles. The normalized spacial score (nSPS) is 19.8. The number of sulfonamides is 1. The van der Waals surface area contributed by atoms with Gasteiger partial charge in [0.05, 0.1) is 17.5 Å². The summed E-state index contributed by atoms with van der Waals surface area (Å²) in [6.07, 6.45) is 6.27. The van der Waals surface area contributed by atoms with Gasteiger partial charge in [0.2, 0.25) is 10.0 Å². The third kappa shape index (κ3) is 2.31. The lowest BCUT2D eigenvalue weighted by Crippen LogP contribution is -2.29. The van der Waals surface area contributed by atoms with Crippen molar-refractivity contribution in [3.05, 3.63) is 36.3 Å². The second-order valence-corrected chi connectivity index (χ2v) is 8.16. The van der Waals surface area contributed by atoms with E-state index in [0.717, 1.165) is 33.9 Å². The van der Waals surface area contributed by atoms with Gasteiger partial charge in [0, 0.05) is 36.3 Å². The number of aromatic amines is 1. The fourth-order valence-electron chi connectivity index (χ4n) is 3.44. The van der Waals surface area contributed by atoms with E-state index in [2.05, 4.69) is 15.0 Å². The highest BCUT2D eigenvalue weighted by Crippen LogP contribution is 2.35. The lowest BCUT2D eigenvalue weighted by Gasteiger charge is -2.16. The summed E-state index contributed by atoms with van der Waals surface area (Å²) in [5.41, 5.74) is 2.85. The average Bonchev–Trinajstić information content (AvgIpc) is 3.23. The molecule has 0 radical (unpaired) electrons. The first-order valence-corrected chi connectivity index (χ1v) is 9.39. The summed E-state index contributed by atoms with van der Waals surface area (Å²) >= 11 is 0. The number of pyridine rings is 2. The maximum Gasteiger partial charge on any atom is 0.213 e. The average molecular weight is 330 g/mol. The van der Waals surface area contributed by atoms with Gasteiger partial charge in [-0.05, 0) is 37.0 Å². The Kier molecular flexibility index (Phi) is 3.35. The molecule has 1 aliphatic rings.